The standard InChI is InChI=1S/C14H12N4O2/c15-6-11-7-18-14(8-17-11)16-4-3-10-1-2-12-13(5-10)20-9-19-12/h1-2,5,7-8H,3-4,9H2,(H,16,18). The van der Waals surface area contributed by atoms with Gasteiger partial charge in [-0.2, -0.15) is 5.26 Å². The first-order valence-electron chi connectivity index (χ1n) is 6.20. The van der Waals surface area contributed by atoms with E-state index in [0.717, 1.165) is 30.0 Å². The third-order valence-corrected chi connectivity index (χ3v) is 2.92. The molecule has 1 N–H and O–H groups in total. The quantitative estimate of drug-likeness (QED) is 0.909. The number of ether oxygens (including phenoxy) is 2. The van der Waals surface area contributed by atoms with Crippen molar-refractivity contribution in [3.63, 3.8) is 0 Å². The summed E-state index contributed by atoms with van der Waals surface area (Å²) in [5.74, 6) is 2.24. The zero-order chi connectivity index (χ0) is 13.8. The van der Waals surface area contributed by atoms with Crippen LogP contribution in [0.3, 0.4) is 0 Å². The molecule has 0 fully saturated rings. The van der Waals surface area contributed by atoms with E-state index in [1.165, 1.54) is 6.20 Å². The Hall–Kier alpha value is -2.81. The van der Waals surface area contributed by atoms with Crippen LogP contribution >= 0.6 is 0 Å². The summed E-state index contributed by atoms with van der Waals surface area (Å²) in [6.07, 6.45) is 3.83. The number of nitrogens with one attached hydrogen (secondary N) is 1. The van der Waals surface area contributed by atoms with E-state index in [1.807, 2.05) is 24.3 Å². The highest BCUT2D eigenvalue weighted by atomic mass is 16.7. The molecule has 2 heterocycles. The van der Waals surface area contributed by atoms with Crippen molar-refractivity contribution in [2.24, 2.45) is 0 Å². The summed E-state index contributed by atoms with van der Waals surface area (Å²) in [5, 5.41) is 11.8. The maximum atomic E-state index is 8.64. The van der Waals surface area contributed by atoms with Gasteiger partial charge in [0.15, 0.2) is 17.2 Å². The molecule has 6 heteroatoms. The molecule has 0 unspecified atom stereocenters. The fourth-order valence-corrected chi connectivity index (χ4v) is 1.91. The molecule has 0 spiro atoms. The van der Waals surface area contributed by atoms with Crippen LogP contribution in [0.1, 0.15) is 11.3 Å². The normalized spacial score (nSPS) is 11.9. The summed E-state index contributed by atoms with van der Waals surface area (Å²) in [6, 6.07) is 7.84. The lowest BCUT2D eigenvalue weighted by Gasteiger charge is -2.06. The van der Waals surface area contributed by atoms with E-state index in [-0.39, 0.29) is 6.79 Å². The van der Waals surface area contributed by atoms with Crippen LogP contribution in [0.15, 0.2) is 30.6 Å². The number of anilines is 1. The number of rotatable bonds is 4. The second-order valence-electron chi connectivity index (χ2n) is 4.26. The van der Waals surface area contributed by atoms with Gasteiger partial charge in [0.1, 0.15) is 11.9 Å². The highest BCUT2D eigenvalue weighted by Crippen LogP contribution is 2.32. The Labute approximate surface area is 116 Å². The fraction of sp³-hybridized carbons (Fsp3) is 0.214. The van der Waals surface area contributed by atoms with Crippen molar-refractivity contribution in [1.29, 1.82) is 5.26 Å². The number of nitrogens with zero attached hydrogens (tertiary/aromatic N) is 3. The Morgan fingerprint density at radius 1 is 1.20 bits per heavy atom. The largest absolute Gasteiger partial charge is 0.454 e. The van der Waals surface area contributed by atoms with Gasteiger partial charge in [0, 0.05) is 6.54 Å². The lowest BCUT2D eigenvalue weighted by Crippen LogP contribution is -2.06. The minimum absolute atomic E-state index is 0.290. The third kappa shape index (κ3) is 2.62. The monoisotopic (exact) mass is 268 g/mol. The molecule has 6 nitrogen and oxygen atoms in total. The predicted octanol–water partition coefficient (Wildman–Crippen LogP) is 1.73. The molecule has 0 saturated heterocycles. The van der Waals surface area contributed by atoms with Crippen molar-refractivity contribution in [2.75, 3.05) is 18.7 Å². The average molecular weight is 268 g/mol. The Kier molecular flexibility index (Phi) is 3.33. The van der Waals surface area contributed by atoms with E-state index in [4.69, 9.17) is 14.7 Å². The number of aromatic nitrogens is 2. The van der Waals surface area contributed by atoms with Crippen LogP contribution < -0.4 is 14.8 Å². The molecule has 1 aromatic carbocycles. The van der Waals surface area contributed by atoms with Crippen molar-refractivity contribution in [3.8, 4) is 17.6 Å². The van der Waals surface area contributed by atoms with Gasteiger partial charge >= 0.3 is 0 Å². The predicted molar refractivity (Wildman–Crippen MR) is 71.5 cm³/mol. The molecule has 0 bridgehead atoms. The molecule has 3 rings (SSSR count). The Morgan fingerprint density at radius 2 is 2.10 bits per heavy atom. The summed E-state index contributed by atoms with van der Waals surface area (Å²) in [6.45, 7) is 1.01. The molecule has 1 aromatic heterocycles. The van der Waals surface area contributed by atoms with Crippen molar-refractivity contribution in [3.05, 3.63) is 41.9 Å². The van der Waals surface area contributed by atoms with Crippen LogP contribution in [0.25, 0.3) is 0 Å². The van der Waals surface area contributed by atoms with Gasteiger partial charge in [-0.05, 0) is 24.1 Å². The number of benzene rings is 1. The smallest absolute Gasteiger partial charge is 0.231 e. The van der Waals surface area contributed by atoms with E-state index in [1.54, 1.807) is 6.20 Å². The Bertz CT molecular complexity index is 649. The SMILES string of the molecule is N#Cc1cnc(NCCc2ccc3c(c2)OCO3)cn1. The summed E-state index contributed by atoms with van der Waals surface area (Å²) in [7, 11) is 0. The molecular formula is C14H12N4O2. The lowest BCUT2D eigenvalue weighted by molar-refractivity contribution is 0.174. The highest BCUT2D eigenvalue weighted by Gasteiger charge is 2.12. The molecule has 100 valence electrons. The maximum absolute atomic E-state index is 8.64. The first kappa shape index (κ1) is 12.2. The van der Waals surface area contributed by atoms with E-state index in [2.05, 4.69) is 15.3 Å². The Balaban J connectivity index is 1.56. The summed E-state index contributed by atoms with van der Waals surface area (Å²) >= 11 is 0. The van der Waals surface area contributed by atoms with Crippen molar-refractivity contribution >= 4 is 5.82 Å². The van der Waals surface area contributed by atoms with E-state index in [9.17, 15) is 0 Å². The molecule has 1 aliphatic heterocycles. The molecule has 0 saturated carbocycles. The minimum atomic E-state index is 0.290. The van der Waals surface area contributed by atoms with Gasteiger partial charge in [0.2, 0.25) is 6.79 Å². The van der Waals surface area contributed by atoms with E-state index >= 15 is 0 Å². The number of fused-ring (bicyclic) bond motifs is 1. The molecule has 0 radical (unpaired) electrons. The van der Waals surface area contributed by atoms with E-state index in [0.29, 0.717) is 11.5 Å². The molecule has 0 amide bonds. The van der Waals surface area contributed by atoms with Crippen LogP contribution in [-0.2, 0) is 6.42 Å². The first-order chi connectivity index (χ1) is 9.85. The second-order valence-corrected chi connectivity index (χ2v) is 4.26. The van der Waals surface area contributed by atoms with Gasteiger partial charge in [-0.15, -0.1) is 0 Å². The molecule has 20 heavy (non-hydrogen) atoms. The van der Waals surface area contributed by atoms with Crippen LogP contribution in [0.5, 0.6) is 11.5 Å². The average Bonchev–Trinajstić information content (AvgIpc) is 2.95. The summed E-state index contributed by atoms with van der Waals surface area (Å²) in [5.41, 5.74) is 1.47. The minimum Gasteiger partial charge on any atom is -0.454 e. The topological polar surface area (TPSA) is 80.1 Å². The molecule has 0 aliphatic carbocycles. The van der Waals surface area contributed by atoms with Crippen LogP contribution in [0.2, 0.25) is 0 Å². The van der Waals surface area contributed by atoms with Crippen LogP contribution in [0, 0.1) is 11.3 Å². The van der Waals surface area contributed by atoms with Gasteiger partial charge in [-0.3, -0.25) is 0 Å². The molecule has 2 aromatic rings. The summed E-state index contributed by atoms with van der Waals surface area (Å²) < 4.78 is 10.6. The van der Waals surface area contributed by atoms with E-state index < -0.39 is 0 Å². The third-order valence-electron chi connectivity index (χ3n) is 2.92. The van der Waals surface area contributed by atoms with Crippen molar-refractivity contribution < 1.29 is 9.47 Å². The number of nitriles is 1. The van der Waals surface area contributed by atoms with Crippen LogP contribution in [-0.4, -0.2) is 23.3 Å². The van der Waals surface area contributed by atoms with Crippen molar-refractivity contribution in [2.45, 2.75) is 6.42 Å². The Morgan fingerprint density at radius 3 is 2.90 bits per heavy atom. The molecule has 0 atom stereocenters. The lowest BCUT2D eigenvalue weighted by atomic mass is 10.1. The van der Waals surface area contributed by atoms with Gasteiger partial charge < -0.3 is 14.8 Å². The second kappa shape index (κ2) is 5.45. The summed E-state index contributed by atoms with van der Waals surface area (Å²) in [4.78, 5) is 8.05. The van der Waals surface area contributed by atoms with Gasteiger partial charge in [0.25, 0.3) is 0 Å². The van der Waals surface area contributed by atoms with Crippen molar-refractivity contribution in [1.82, 2.24) is 9.97 Å². The zero-order valence-corrected chi connectivity index (χ0v) is 10.7. The number of hydrogen-bond acceptors (Lipinski definition) is 6. The van der Waals surface area contributed by atoms with Gasteiger partial charge in [-0.25, -0.2) is 9.97 Å². The first-order valence-corrected chi connectivity index (χ1v) is 6.20. The fourth-order valence-electron chi connectivity index (χ4n) is 1.91. The highest BCUT2D eigenvalue weighted by molar-refractivity contribution is 5.44. The van der Waals surface area contributed by atoms with Crippen LogP contribution in [0.4, 0.5) is 5.82 Å². The molecule has 1 aliphatic rings. The maximum Gasteiger partial charge on any atom is 0.231 e. The zero-order valence-electron chi connectivity index (χ0n) is 10.7. The number of hydrogen-bond donors (Lipinski definition) is 1. The van der Waals surface area contributed by atoms with Gasteiger partial charge in [-0.1, -0.05) is 6.07 Å². The molecular weight excluding hydrogens is 256 g/mol. The van der Waals surface area contributed by atoms with Gasteiger partial charge in [0.05, 0.1) is 12.4 Å².